The van der Waals surface area contributed by atoms with Gasteiger partial charge in [-0.05, 0) is 89.9 Å². The summed E-state index contributed by atoms with van der Waals surface area (Å²) in [7, 11) is -1.82. The lowest BCUT2D eigenvalue weighted by molar-refractivity contribution is -0.174. The molecule has 35 heavy (non-hydrogen) atoms. The molecule has 0 saturated heterocycles. The van der Waals surface area contributed by atoms with Gasteiger partial charge in [-0.15, -0.1) is 0 Å². The molecule has 0 heterocycles. The van der Waals surface area contributed by atoms with Crippen molar-refractivity contribution in [2.75, 3.05) is 7.11 Å². The van der Waals surface area contributed by atoms with Crippen LogP contribution in [0, 0.1) is 23.2 Å². The number of fused-ring (bicyclic) bond motifs is 2. The number of hydrogen-bond acceptors (Lipinski definition) is 6. The number of rotatable bonds is 7. The van der Waals surface area contributed by atoms with Crippen LogP contribution in [-0.2, 0) is 29.1 Å². The van der Waals surface area contributed by atoms with Crippen LogP contribution < -0.4 is 5.14 Å². The summed E-state index contributed by atoms with van der Waals surface area (Å²) >= 11 is 0. The molecule has 3 fully saturated rings. The number of primary sulfonamides is 1. The van der Waals surface area contributed by atoms with Crippen LogP contribution in [0.1, 0.15) is 119 Å². The van der Waals surface area contributed by atoms with Crippen LogP contribution in [0.5, 0.6) is 0 Å². The van der Waals surface area contributed by atoms with E-state index in [1.165, 1.54) is 32.8 Å². The number of carbonyl (C=O) groups excluding carboxylic acids is 2. The average Bonchev–Trinajstić information content (AvgIpc) is 3.48. The molecular weight excluding hydrogens is 466 g/mol. The Balaban J connectivity index is 0.000000280. The van der Waals surface area contributed by atoms with E-state index in [9.17, 15) is 18.0 Å². The highest BCUT2D eigenvalue weighted by atomic mass is 32.2. The number of esters is 2. The second kappa shape index (κ2) is 14.0. The van der Waals surface area contributed by atoms with Crippen molar-refractivity contribution in [3.05, 3.63) is 0 Å². The van der Waals surface area contributed by atoms with Crippen LogP contribution in [-0.4, -0.2) is 38.3 Å². The molecule has 2 bridgehead atoms. The maximum Gasteiger partial charge on any atom is 0.312 e. The number of sulfonamides is 1. The van der Waals surface area contributed by atoms with Gasteiger partial charge < -0.3 is 9.47 Å². The Morgan fingerprint density at radius 2 is 1.66 bits per heavy atom. The van der Waals surface area contributed by atoms with Crippen LogP contribution in [0.15, 0.2) is 0 Å². The highest BCUT2D eigenvalue weighted by Gasteiger charge is 2.44. The molecule has 0 spiro atoms. The Morgan fingerprint density at radius 1 is 1.06 bits per heavy atom. The van der Waals surface area contributed by atoms with Crippen LogP contribution >= 0.6 is 0 Å². The number of hydrogen-bond donors (Lipinski definition) is 1. The molecule has 3 saturated carbocycles. The second-order valence-corrected chi connectivity index (χ2v) is 13.1. The monoisotopic (exact) mass is 517 g/mol. The first kappa shape index (κ1) is 31.9. The molecule has 0 aromatic heterocycles. The fourth-order valence-electron chi connectivity index (χ4n) is 5.16. The number of methoxy groups -OCH3 is 1. The van der Waals surface area contributed by atoms with Crippen molar-refractivity contribution < 1.29 is 27.5 Å². The smallest absolute Gasteiger partial charge is 0.312 e. The highest BCUT2D eigenvalue weighted by Crippen LogP contribution is 2.46. The molecule has 4 atom stereocenters. The van der Waals surface area contributed by atoms with Crippen LogP contribution in [0.4, 0.5) is 0 Å². The van der Waals surface area contributed by atoms with Crippen molar-refractivity contribution in [3.8, 4) is 0 Å². The summed E-state index contributed by atoms with van der Waals surface area (Å²) in [6.45, 7) is 11.9. The van der Waals surface area contributed by atoms with E-state index in [1.54, 1.807) is 0 Å². The second-order valence-electron chi connectivity index (χ2n) is 11.4. The molecule has 0 radical (unpaired) electrons. The molecule has 0 aromatic rings. The van der Waals surface area contributed by atoms with E-state index < -0.39 is 10.0 Å². The lowest BCUT2D eigenvalue weighted by atomic mass is 9.82. The molecular formula is C27H51NO6S. The van der Waals surface area contributed by atoms with Gasteiger partial charge in [-0.3, -0.25) is 9.59 Å². The van der Waals surface area contributed by atoms with E-state index in [1.807, 2.05) is 34.6 Å². The maximum atomic E-state index is 12.1. The normalized spacial score (nSPS) is 25.9. The van der Waals surface area contributed by atoms with Crippen LogP contribution in [0.3, 0.4) is 0 Å². The largest absolute Gasteiger partial charge is 0.469 e. The maximum absolute atomic E-state index is 12.1. The quantitative estimate of drug-likeness (QED) is 0.430. The molecule has 4 unspecified atom stereocenters. The predicted octanol–water partition coefficient (Wildman–Crippen LogP) is 5.75. The molecule has 0 aliphatic heterocycles. The fraction of sp³-hybridized carbons (Fsp3) is 0.926. The summed E-state index contributed by atoms with van der Waals surface area (Å²) in [6.07, 6.45) is 12.7. The summed E-state index contributed by atoms with van der Waals surface area (Å²) in [6, 6.07) is 0. The van der Waals surface area contributed by atoms with Gasteiger partial charge in [0.25, 0.3) is 0 Å². The molecule has 3 aliphatic carbocycles. The third-order valence-corrected chi connectivity index (χ3v) is 9.89. The van der Waals surface area contributed by atoms with Gasteiger partial charge in [0.2, 0.25) is 10.0 Å². The Labute approximate surface area is 214 Å². The van der Waals surface area contributed by atoms with Gasteiger partial charge in [0.05, 0.1) is 23.7 Å². The average molecular weight is 518 g/mol. The number of carbonyl (C=O) groups is 2. The van der Waals surface area contributed by atoms with Gasteiger partial charge in [0.1, 0.15) is 5.60 Å². The highest BCUT2D eigenvalue weighted by molar-refractivity contribution is 7.89. The summed E-state index contributed by atoms with van der Waals surface area (Å²) in [5, 5.41) is 4.89. The molecule has 2 N–H and O–H groups in total. The predicted molar refractivity (Wildman–Crippen MR) is 140 cm³/mol. The number of nitrogens with two attached hydrogens (primary N) is 1. The van der Waals surface area contributed by atoms with Gasteiger partial charge >= 0.3 is 11.9 Å². The zero-order valence-electron chi connectivity index (χ0n) is 23.2. The van der Waals surface area contributed by atoms with Gasteiger partial charge in [-0.25, -0.2) is 13.6 Å². The van der Waals surface area contributed by atoms with E-state index in [4.69, 9.17) is 9.88 Å². The van der Waals surface area contributed by atoms with Crippen molar-refractivity contribution in [2.45, 2.75) is 129 Å². The Morgan fingerprint density at radius 3 is 1.97 bits per heavy atom. The van der Waals surface area contributed by atoms with E-state index in [-0.39, 0.29) is 34.1 Å². The Hall–Kier alpha value is -1.15. The first-order chi connectivity index (χ1) is 16.2. The minimum absolute atomic E-state index is 0.0150. The zero-order chi connectivity index (χ0) is 26.9. The molecule has 8 heteroatoms. The minimum atomic E-state index is -3.23. The fourth-order valence-corrected chi connectivity index (χ4v) is 6.48. The van der Waals surface area contributed by atoms with Gasteiger partial charge in [0, 0.05) is 0 Å². The molecule has 7 nitrogen and oxygen atoms in total. The number of ether oxygens (including phenoxy) is 2. The van der Waals surface area contributed by atoms with Gasteiger partial charge in [0.15, 0.2) is 0 Å². The minimum Gasteiger partial charge on any atom is -0.469 e. The van der Waals surface area contributed by atoms with Crippen molar-refractivity contribution in [2.24, 2.45) is 28.3 Å². The molecule has 0 aromatic carbocycles. The summed E-state index contributed by atoms with van der Waals surface area (Å²) in [5.41, 5.74) is -0.485. The summed E-state index contributed by atoms with van der Waals surface area (Å²) < 4.78 is 32.3. The zero-order valence-corrected chi connectivity index (χ0v) is 24.0. The SMILES string of the molecule is CCC(C)C(=O)OC.CCC1(OC(=O)C(C)(C)CC)CCCCC1.NS(=O)(=O)C1CC2CCC1C2. The molecule has 3 aliphatic rings. The van der Waals surface area contributed by atoms with Gasteiger partial charge in [-0.2, -0.15) is 0 Å². The van der Waals surface area contributed by atoms with Crippen molar-refractivity contribution in [1.82, 2.24) is 0 Å². The van der Waals surface area contributed by atoms with E-state index in [0.29, 0.717) is 11.8 Å². The third kappa shape index (κ3) is 9.67. The van der Waals surface area contributed by atoms with Crippen molar-refractivity contribution in [3.63, 3.8) is 0 Å². The summed E-state index contributed by atoms with van der Waals surface area (Å²) in [5.74, 6) is 0.963. The van der Waals surface area contributed by atoms with E-state index in [0.717, 1.165) is 51.4 Å². The Bertz CT molecular complexity index is 773. The lowest BCUT2D eigenvalue weighted by Crippen LogP contribution is -2.40. The Kier molecular flexibility index (Phi) is 12.7. The van der Waals surface area contributed by atoms with E-state index >= 15 is 0 Å². The first-order valence-corrected chi connectivity index (χ1v) is 15.2. The first-order valence-electron chi connectivity index (χ1n) is 13.6. The standard InChI is InChI=1S/C14H26O2.C7H13NO2S.C6H12O2/c1-5-13(3,4)12(15)16-14(6-2)10-8-7-9-11-14;8-11(9,10)7-4-5-1-2-6(7)3-5;1-4-5(2)6(7)8-3/h5-11H2,1-4H3;5-7H,1-4H2,(H2,8,9,10);5H,4H2,1-3H3. The van der Waals surface area contributed by atoms with Crippen LogP contribution in [0.25, 0.3) is 0 Å². The van der Waals surface area contributed by atoms with Crippen molar-refractivity contribution in [1.29, 1.82) is 0 Å². The van der Waals surface area contributed by atoms with Crippen LogP contribution in [0.2, 0.25) is 0 Å². The lowest BCUT2D eigenvalue weighted by Gasteiger charge is -2.38. The summed E-state index contributed by atoms with van der Waals surface area (Å²) in [4.78, 5) is 22.6. The topological polar surface area (TPSA) is 113 Å². The molecule has 206 valence electrons. The van der Waals surface area contributed by atoms with Crippen molar-refractivity contribution >= 4 is 22.0 Å². The third-order valence-electron chi connectivity index (χ3n) is 8.47. The van der Waals surface area contributed by atoms with Gasteiger partial charge in [-0.1, -0.05) is 40.5 Å². The van der Waals surface area contributed by atoms with E-state index in [2.05, 4.69) is 11.7 Å². The molecule has 3 rings (SSSR count). The molecule has 0 amide bonds.